The van der Waals surface area contributed by atoms with Gasteiger partial charge in [-0.1, -0.05) is 41.9 Å². The van der Waals surface area contributed by atoms with Gasteiger partial charge in [0.15, 0.2) is 0 Å². The Hall–Kier alpha value is -2.86. The van der Waals surface area contributed by atoms with Crippen molar-refractivity contribution in [2.45, 2.75) is 25.3 Å². The molecule has 1 atom stereocenters. The van der Waals surface area contributed by atoms with Gasteiger partial charge in [0.05, 0.1) is 18.9 Å². The number of methoxy groups -OCH3 is 1. The van der Waals surface area contributed by atoms with Crippen LogP contribution in [0.2, 0.25) is 5.02 Å². The molecule has 1 amide bonds. The SMILES string of the molecule is COc1ccccc1C1=NN(C(=O)CCC(=O)[O-])[C@H](c2ccccc2Cl)C1. The van der Waals surface area contributed by atoms with Gasteiger partial charge in [-0.2, -0.15) is 5.10 Å². The van der Waals surface area contributed by atoms with E-state index >= 15 is 0 Å². The highest BCUT2D eigenvalue weighted by atomic mass is 35.5. The van der Waals surface area contributed by atoms with E-state index in [0.29, 0.717) is 22.9 Å². The van der Waals surface area contributed by atoms with Gasteiger partial charge in [0, 0.05) is 29.4 Å². The molecular weight excluding hydrogens is 368 g/mol. The lowest BCUT2D eigenvalue weighted by atomic mass is 9.97. The Morgan fingerprint density at radius 2 is 1.89 bits per heavy atom. The first kappa shape index (κ1) is 18.9. The van der Waals surface area contributed by atoms with E-state index in [4.69, 9.17) is 16.3 Å². The van der Waals surface area contributed by atoms with Crippen molar-refractivity contribution in [3.05, 3.63) is 64.7 Å². The summed E-state index contributed by atoms with van der Waals surface area (Å²) in [5, 5.41) is 17.1. The monoisotopic (exact) mass is 385 g/mol. The second-order valence-corrected chi connectivity index (χ2v) is 6.51. The summed E-state index contributed by atoms with van der Waals surface area (Å²) < 4.78 is 5.40. The Balaban J connectivity index is 1.97. The van der Waals surface area contributed by atoms with Gasteiger partial charge in [0.2, 0.25) is 5.91 Å². The predicted molar refractivity (Wildman–Crippen MR) is 99.4 cm³/mol. The van der Waals surface area contributed by atoms with Gasteiger partial charge in [0.1, 0.15) is 5.75 Å². The maximum Gasteiger partial charge on any atom is 0.243 e. The third kappa shape index (κ3) is 4.11. The molecule has 140 valence electrons. The molecule has 0 fully saturated rings. The Bertz CT molecular complexity index is 897. The molecule has 0 radical (unpaired) electrons. The molecule has 3 rings (SSSR count). The number of rotatable bonds is 6. The Labute approximate surface area is 162 Å². The standard InChI is InChI=1S/C20H19ClN2O4/c1-27-18-9-5-3-7-14(18)16-12-17(13-6-2-4-8-15(13)21)23(22-16)19(24)10-11-20(25)26/h2-9,17H,10-12H2,1H3,(H,25,26)/p-1/t17-/m0/s1. The van der Waals surface area contributed by atoms with E-state index in [1.54, 1.807) is 13.2 Å². The third-order valence-corrected chi connectivity index (χ3v) is 4.74. The van der Waals surface area contributed by atoms with Crippen molar-refractivity contribution < 1.29 is 19.4 Å². The summed E-state index contributed by atoms with van der Waals surface area (Å²) in [6.07, 6.45) is -0.1000. The molecule has 7 heteroatoms. The van der Waals surface area contributed by atoms with Crippen molar-refractivity contribution in [1.29, 1.82) is 0 Å². The molecule has 2 aromatic carbocycles. The average Bonchev–Trinajstić information content (AvgIpc) is 3.11. The number of aliphatic carboxylic acids is 1. The molecule has 0 unspecified atom stereocenters. The number of benzene rings is 2. The van der Waals surface area contributed by atoms with E-state index in [0.717, 1.165) is 11.1 Å². The molecule has 0 N–H and O–H groups in total. The van der Waals surface area contributed by atoms with Crippen LogP contribution in [0, 0.1) is 0 Å². The van der Waals surface area contributed by atoms with Crippen LogP contribution in [-0.4, -0.2) is 29.7 Å². The average molecular weight is 386 g/mol. The Morgan fingerprint density at radius 3 is 2.59 bits per heavy atom. The Morgan fingerprint density at radius 1 is 1.19 bits per heavy atom. The van der Waals surface area contributed by atoms with Crippen LogP contribution in [0.1, 0.15) is 36.4 Å². The number of carbonyl (C=O) groups is 2. The van der Waals surface area contributed by atoms with Gasteiger partial charge < -0.3 is 14.6 Å². The highest BCUT2D eigenvalue weighted by Crippen LogP contribution is 2.38. The number of hydrazone groups is 1. The molecule has 27 heavy (non-hydrogen) atoms. The molecule has 1 heterocycles. The number of amides is 1. The predicted octanol–water partition coefficient (Wildman–Crippen LogP) is 2.56. The fourth-order valence-corrected chi connectivity index (χ4v) is 3.36. The van der Waals surface area contributed by atoms with Crippen molar-refractivity contribution in [2.75, 3.05) is 7.11 Å². The lowest BCUT2D eigenvalue weighted by Gasteiger charge is -2.23. The number of hydrogen-bond donors (Lipinski definition) is 0. The molecule has 0 saturated heterocycles. The number of carboxylic acids is 1. The van der Waals surface area contributed by atoms with Crippen molar-refractivity contribution in [3.63, 3.8) is 0 Å². The van der Waals surface area contributed by atoms with Crippen LogP contribution >= 0.6 is 11.6 Å². The van der Waals surface area contributed by atoms with Crippen LogP contribution in [-0.2, 0) is 9.59 Å². The zero-order valence-corrected chi connectivity index (χ0v) is 15.5. The third-order valence-electron chi connectivity index (χ3n) is 4.39. The van der Waals surface area contributed by atoms with Crippen molar-refractivity contribution in [1.82, 2.24) is 5.01 Å². The summed E-state index contributed by atoms with van der Waals surface area (Å²) in [6.45, 7) is 0. The summed E-state index contributed by atoms with van der Waals surface area (Å²) in [4.78, 5) is 23.4. The van der Waals surface area contributed by atoms with E-state index in [-0.39, 0.29) is 12.8 Å². The number of nitrogens with zero attached hydrogens (tertiary/aromatic N) is 2. The van der Waals surface area contributed by atoms with Gasteiger partial charge >= 0.3 is 0 Å². The van der Waals surface area contributed by atoms with Crippen LogP contribution < -0.4 is 9.84 Å². The van der Waals surface area contributed by atoms with E-state index in [2.05, 4.69) is 5.10 Å². The summed E-state index contributed by atoms with van der Waals surface area (Å²) in [5.41, 5.74) is 2.22. The first-order valence-corrected chi connectivity index (χ1v) is 8.86. The molecule has 2 aromatic rings. The van der Waals surface area contributed by atoms with Gasteiger partial charge in [-0.3, -0.25) is 4.79 Å². The highest BCUT2D eigenvalue weighted by molar-refractivity contribution is 6.31. The highest BCUT2D eigenvalue weighted by Gasteiger charge is 2.34. The zero-order chi connectivity index (χ0) is 19.4. The molecule has 1 aliphatic rings. The van der Waals surface area contributed by atoms with Crippen molar-refractivity contribution in [3.8, 4) is 5.75 Å². The second kappa shape index (κ2) is 8.22. The quantitative estimate of drug-likeness (QED) is 0.765. The molecule has 0 bridgehead atoms. The van der Waals surface area contributed by atoms with Crippen molar-refractivity contribution >= 4 is 29.2 Å². The zero-order valence-electron chi connectivity index (χ0n) is 14.7. The van der Waals surface area contributed by atoms with Crippen LogP contribution in [0.3, 0.4) is 0 Å². The summed E-state index contributed by atoms with van der Waals surface area (Å²) >= 11 is 6.34. The molecule has 0 saturated carbocycles. The van der Waals surface area contributed by atoms with Crippen LogP contribution in [0.5, 0.6) is 5.75 Å². The van der Waals surface area contributed by atoms with Gasteiger partial charge in [-0.25, -0.2) is 5.01 Å². The first-order valence-electron chi connectivity index (χ1n) is 8.48. The number of para-hydroxylation sites is 1. The summed E-state index contributed by atoms with van der Waals surface area (Å²) in [6, 6.07) is 14.2. The summed E-state index contributed by atoms with van der Waals surface area (Å²) in [5.74, 6) is -1.02. The van der Waals surface area contributed by atoms with Crippen LogP contribution in [0.4, 0.5) is 0 Å². The molecular formula is C20H18ClN2O4-. The summed E-state index contributed by atoms with van der Waals surface area (Å²) in [7, 11) is 1.57. The van der Waals surface area contributed by atoms with Crippen molar-refractivity contribution in [2.24, 2.45) is 5.10 Å². The smallest absolute Gasteiger partial charge is 0.243 e. The van der Waals surface area contributed by atoms with Gasteiger partial charge in [-0.05, 0) is 30.2 Å². The molecule has 6 nitrogen and oxygen atoms in total. The lowest BCUT2D eigenvalue weighted by molar-refractivity contribution is -0.305. The van der Waals surface area contributed by atoms with Crippen LogP contribution in [0.15, 0.2) is 53.6 Å². The second-order valence-electron chi connectivity index (χ2n) is 6.10. The lowest BCUT2D eigenvalue weighted by Crippen LogP contribution is -2.30. The maximum absolute atomic E-state index is 12.6. The first-order chi connectivity index (χ1) is 13.0. The number of carboxylic acid groups (broad SMARTS) is 1. The van der Waals surface area contributed by atoms with E-state index in [1.165, 1.54) is 5.01 Å². The van der Waals surface area contributed by atoms with E-state index in [1.807, 2.05) is 42.5 Å². The fraction of sp³-hybridized carbons (Fsp3) is 0.250. The maximum atomic E-state index is 12.6. The van der Waals surface area contributed by atoms with E-state index < -0.39 is 17.9 Å². The number of carbonyl (C=O) groups excluding carboxylic acids is 2. The number of ether oxygens (including phenoxy) is 1. The normalized spacial score (nSPS) is 16.1. The molecule has 0 spiro atoms. The van der Waals surface area contributed by atoms with E-state index in [9.17, 15) is 14.7 Å². The molecule has 0 aromatic heterocycles. The van der Waals surface area contributed by atoms with Gasteiger partial charge in [-0.15, -0.1) is 0 Å². The largest absolute Gasteiger partial charge is 0.550 e. The Kier molecular flexibility index (Phi) is 5.76. The van der Waals surface area contributed by atoms with Gasteiger partial charge in [0.25, 0.3) is 0 Å². The fourth-order valence-electron chi connectivity index (χ4n) is 3.10. The topological polar surface area (TPSA) is 82.0 Å². The minimum atomic E-state index is -1.27. The minimum absolute atomic E-state index is 0.189. The number of hydrogen-bond acceptors (Lipinski definition) is 5. The minimum Gasteiger partial charge on any atom is -0.550 e. The molecule has 1 aliphatic heterocycles. The van der Waals surface area contributed by atoms with Crippen LogP contribution in [0.25, 0.3) is 0 Å². The molecule has 0 aliphatic carbocycles. The number of halogens is 1.